The molecule has 0 aliphatic heterocycles. The molecule has 0 radical (unpaired) electrons. The molecule has 0 aliphatic carbocycles. The predicted octanol–water partition coefficient (Wildman–Crippen LogP) is 4.29. The molecule has 4 aromatic rings. The van der Waals surface area contributed by atoms with Crippen LogP contribution in [0.15, 0.2) is 59.2 Å². The van der Waals surface area contributed by atoms with E-state index in [0.717, 1.165) is 16.6 Å². The molecular formula is C26H28N2O6. The van der Waals surface area contributed by atoms with Crippen LogP contribution in [0.25, 0.3) is 11.1 Å². The van der Waals surface area contributed by atoms with Crippen molar-refractivity contribution in [1.82, 2.24) is 9.88 Å². The maximum atomic E-state index is 13.1. The molecule has 0 unspecified atom stereocenters. The zero-order chi connectivity index (χ0) is 24.1. The van der Waals surface area contributed by atoms with E-state index in [4.69, 9.17) is 23.4 Å². The monoisotopic (exact) mass is 464 g/mol. The van der Waals surface area contributed by atoms with Gasteiger partial charge in [-0.2, -0.15) is 0 Å². The number of amides is 1. The van der Waals surface area contributed by atoms with Crippen LogP contribution >= 0.6 is 0 Å². The van der Waals surface area contributed by atoms with Crippen molar-refractivity contribution in [2.45, 2.75) is 13.0 Å². The highest BCUT2D eigenvalue weighted by Gasteiger charge is 2.18. The molecule has 178 valence electrons. The Kier molecular flexibility index (Phi) is 6.96. The molecule has 1 amide bonds. The Bertz CT molecular complexity index is 1270. The van der Waals surface area contributed by atoms with E-state index in [1.165, 1.54) is 0 Å². The lowest BCUT2D eigenvalue weighted by Gasteiger charge is -2.13. The summed E-state index contributed by atoms with van der Waals surface area (Å²) in [6.07, 6.45) is 2.27. The predicted molar refractivity (Wildman–Crippen MR) is 128 cm³/mol. The van der Waals surface area contributed by atoms with E-state index >= 15 is 0 Å². The minimum atomic E-state index is -0.179. The Morgan fingerprint density at radius 1 is 0.853 bits per heavy atom. The fourth-order valence-electron chi connectivity index (χ4n) is 3.92. The van der Waals surface area contributed by atoms with E-state index in [0.29, 0.717) is 53.8 Å². The second-order valence-electron chi connectivity index (χ2n) is 7.70. The molecule has 0 saturated heterocycles. The number of fused-ring (bicyclic) bond motifs is 1. The molecule has 4 rings (SSSR count). The summed E-state index contributed by atoms with van der Waals surface area (Å²) in [5.74, 6) is 2.53. The van der Waals surface area contributed by atoms with Gasteiger partial charge in [0, 0.05) is 31.3 Å². The van der Waals surface area contributed by atoms with Crippen molar-refractivity contribution in [2.24, 2.45) is 0 Å². The van der Waals surface area contributed by atoms with E-state index in [2.05, 4.69) is 5.32 Å². The van der Waals surface area contributed by atoms with Gasteiger partial charge in [-0.1, -0.05) is 6.07 Å². The van der Waals surface area contributed by atoms with Crippen LogP contribution in [0.1, 0.15) is 21.6 Å². The van der Waals surface area contributed by atoms with Crippen LogP contribution in [-0.2, 0) is 13.0 Å². The number of aromatic nitrogens is 1. The highest BCUT2D eigenvalue weighted by atomic mass is 16.5. The second kappa shape index (κ2) is 10.2. The molecule has 0 saturated carbocycles. The van der Waals surface area contributed by atoms with E-state index in [1.807, 2.05) is 47.0 Å². The number of rotatable bonds is 10. The third-order valence-corrected chi connectivity index (χ3v) is 5.65. The van der Waals surface area contributed by atoms with Gasteiger partial charge in [0.15, 0.2) is 17.1 Å². The largest absolute Gasteiger partial charge is 0.497 e. The van der Waals surface area contributed by atoms with Gasteiger partial charge in [0.25, 0.3) is 5.91 Å². The van der Waals surface area contributed by atoms with Crippen molar-refractivity contribution in [3.05, 3.63) is 71.6 Å². The fourth-order valence-corrected chi connectivity index (χ4v) is 3.92. The minimum absolute atomic E-state index is 0.179. The molecule has 0 fully saturated rings. The van der Waals surface area contributed by atoms with E-state index in [1.54, 1.807) is 40.8 Å². The van der Waals surface area contributed by atoms with Crippen LogP contribution in [0.5, 0.6) is 23.0 Å². The Labute approximate surface area is 198 Å². The Morgan fingerprint density at radius 2 is 1.59 bits per heavy atom. The van der Waals surface area contributed by atoms with Crippen molar-refractivity contribution in [2.75, 3.05) is 35.0 Å². The standard InChI is InChI=1S/C26H28N2O6/c1-30-19-11-18(12-20(14-19)31-2)16-28-21-8-10-34-24(21)15-22(28)26(29)27-9-7-17-5-6-23(32-3)25(13-17)33-4/h5-6,8,10-15H,7,9,16H2,1-4H3,(H,27,29). The lowest BCUT2D eigenvalue weighted by Crippen LogP contribution is -2.28. The van der Waals surface area contributed by atoms with Crippen LogP contribution in [-0.4, -0.2) is 45.5 Å². The Balaban J connectivity index is 1.52. The highest BCUT2D eigenvalue weighted by Crippen LogP contribution is 2.28. The first-order valence-electron chi connectivity index (χ1n) is 10.8. The molecule has 0 atom stereocenters. The summed E-state index contributed by atoms with van der Waals surface area (Å²) in [5.41, 5.74) is 3.98. The van der Waals surface area contributed by atoms with Crippen LogP contribution in [0.3, 0.4) is 0 Å². The number of hydrogen-bond acceptors (Lipinski definition) is 6. The summed E-state index contributed by atoms with van der Waals surface area (Å²) in [7, 11) is 6.43. The number of carbonyl (C=O) groups excluding carboxylic acids is 1. The van der Waals surface area contributed by atoms with Gasteiger partial charge in [0.05, 0.1) is 40.2 Å². The van der Waals surface area contributed by atoms with Gasteiger partial charge in [0.2, 0.25) is 0 Å². The summed E-state index contributed by atoms with van der Waals surface area (Å²) in [5, 5.41) is 3.01. The van der Waals surface area contributed by atoms with Gasteiger partial charge in [-0.05, 0) is 41.8 Å². The van der Waals surface area contributed by atoms with Crippen LogP contribution in [0, 0.1) is 0 Å². The summed E-state index contributed by atoms with van der Waals surface area (Å²) in [6.45, 7) is 0.920. The van der Waals surface area contributed by atoms with Crippen LogP contribution < -0.4 is 24.3 Å². The zero-order valence-electron chi connectivity index (χ0n) is 19.7. The third-order valence-electron chi connectivity index (χ3n) is 5.65. The van der Waals surface area contributed by atoms with Crippen molar-refractivity contribution < 1.29 is 28.2 Å². The zero-order valence-corrected chi connectivity index (χ0v) is 19.7. The van der Waals surface area contributed by atoms with Crippen LogP contribution in [0.4, 0.5) is 0 Å². The molecule has 0 spiro atoms. The number of furan rings is 1. The van der Waals surface area contributed by atoms with Gasteiger partial charge in [0.1, 0.15) is 17.2 Å². The Morgan fingerprint density at radius 3 is 2.26 bits per heavy atom. The molecular weight excluding hydrogens is 436 g/mol. The topological polar surface area (TPSA) is 84.1 Å². The van der Waals surface area contributed by atoms with Gasteiger partial charge < -0.3 is 33.2 Å². The second-order valence-corrected chi connectivity index (χ2v) is 7.70. The number of methoxy groups -OCH3 is 4. The van der Waals surface area contributed by atoms with Crippen molar-refractivity contribution >= 4 is 17.0 Å². The molecule has 1 N–H and O–H groups in total. The highest BCUT2D eigenvalue weighted by molar-refractivity contribution is 5.97. The lowest BCUT2D eigenvalue weighted by molar-refractivity contribution is 0.0945. The molecule has 2 aromatic carbocycles. The number of benzene rings is 2. The number of carbonyl (C=O) groups is 1. The van der Waals surface area contributed by atoms with Crippen molar-refractivity contribution in [3.63, 3.8) is 0 Å². The summed E-state index contributed by atoms with van der Waals surface area (Å²) < 4.78 is 28.9. The number of nitrogens with zero attached hydrogens (tertiary/aromatic N) is 1. The summed E-state index contributed by atoms with van der Waals surface area (Å²) >= 11 is 0. The molecule has 34 heavy (non-hydrogen) atoms. The SMILES string of the molecule is COc1cc(Cn2c(C(=O)NCCc3ccc(OC)c(OC)c3)cc3occc32)cc(OC)c1. The number of ether oxygens (including phenoxy) is 4. The van der Waals surface area contributed by atoms with Crippen molar-refractivity contribution in [3.8, 4) is 23.0 Å². The average molecular weight is 465 g/mol. The first kappa shape index (κ1) is 23.1. The minimum Gasteiger partial charge on any atom is -0.497 e. The van der Waals surface area contributed by atoms with Crippen molar-refractivity contribution in [1.29, 1.82) is 0 Å². The van der Waals surface area contributed by atoms with E-state index in [-0.39, 0.29) is 5.91 Å². The smallest absolute Gasteiger partial charge is 0.268 e. The summed E-state index contributed by atoms with van der Waals surface area (Å²) in [4.78, 5) is 13.1. The van der Waals surface area contributed by atoms with Gasteiger partial charge in [-0.3, -0.25) is 4.79 Å². The first-order valence-corrected chi connectivity index (χ1v) is 10.8. The maximum absolute atomic E-state index is 13.1. The van der Waals surface area contributed by atoms with E-state index in [9.17, 15) is 4.79 Å². The van der Waals surface area contributed by atoms with Gasteiger partial charge >= 0.3 is 0 Å². The molecule has 0 aliphatic rings. The molecule has 2 heterocycles. The maximum Gasteiger partial charge on any atom is 0.268 e. The summed E-state index contributed by atoms with van der Waals surface area (Å²) in [6, 6.07) is 15.0. The molecule has 0 bridgehead atoms. The lowest BCUT2D eigenvalue weighted by atomic mass is 10.1. The van der Waals surface area contributed by atoms with Gasteiger partial charge in [-0.15, -0.1) is 0 Å². The first-order chi connectivity index (χ1) is 16.6. The fraction of sp³-hybridized carbons (Fsp3) is 0.269. The van der Waals surface area contributed by atoms with Gasteiger partial charge in [-0.25, -0.2) is 0 Å². The molecule has 2 aromatic heterocycles. The molecule has 8 heteroatoms. The Hall–Kier alpha value is -4.07. The number of hydrogen-bond donors (Lipinski definition) is 1. The number of nitrogens with one attached hydrogen (secondary N) is 1. The third kappa shape index (κ3) is 4.80. The molecule has 8 nitrogen and oxygen atoms in total. The average Bonchev–Trinajstić information content (AvgIpc) is 3.46. The van der Waals surface area contributed by atoms with Crippen LogP contribution in [0.2, 0.25) is 0 Å². The normalized spacial score (nSPS) is 10.8. The van der Waals surface area contributed by atoms with E-state index < -0.39 is 0 Å². The quantitative estimate of drug-likeness (QED) is 0.377.